The second-order valence-corrected chi connectivity index (χ2v) is 7.14. The molecule has 1 aromatic carbocycles. The van der Waals surface area contributed by atoms with Gasteiger partial charge in [-0.05, 0) is 42.0 Å². The van der Waals surface area contributed by atoms with Gasteiger partial charge in [0, 0.05) is 49.4 Å². The molecule has 2 aromatic heterocycles. The lowest BCUT2D eigenvalue weighted by Gasteiger charge is -2.25. The zero-order valence-corrected chi connectivity index (χ0v) is 16.6. The Labute approximate surface area is 174 Å². The van der Waals surface area contributed by atoms with Crippen molar-refractivity contribution in [3.05, 3.63) is 60.8 Å². The number of ether oxygens (including phenoxy) is 1. The number of pyridine rings is 1. The van der Waals surface area contributed by atoms with Gasteiger partial charge in [-0.15, -0.1) is 0 Å². The van der Waals surface area contributed by atoms with E-state index in [9.17, 15) is 9.18 Å². The average Bonchev–Trinajstić information content (AvgIpc) is 3.20. The highest BCUT2D eigenvalue weighted by molar-refractivity contribution is 5.80. The van der Waals surface area contributed by atoms with Crippen molar-refractivity contribution < 1.29 is 13.9 Å². The minimum Gasteiger partial charge on any atom is -0.379 e. The van der Waals surface area contributed by atoms with Crippen LogP contribution in [0.4, 0.5) is 4.39 Å². The summed E-state index contributed by atoms with van der Waals surface area (Å²) in [6, 6.07) is 10.1. The number of carbonyl (C=O) groups is 1. The third kappa shape index (κ3) is 5.08. The van der Waals surface area contributed by atoms with E-state index in [2.05, 4.69) is 15.2 Å². The number of halogens is 1. The van der Waals surface area contributed by atoms with Crippen LogP contribution >= 0.6 is 0 Å². The standard InChI is InChI=1S/C22H24FN5O2/c23-19-3-1-18(2-4-19)22-20(17-5-7-24-8-6-17)15-28(26-22)10-9-25-21(29)16-27-11-13-30-14-12-27/h1-8,15H,9-14,16H2,(H,25,29). The molecule has 30 heavy (non-hydrogen) atoms. The van der Waals surface area contributed by atoms with Gasteiger partial charge in [0.15, 0.2) is 0 Å². The molecule has 3 heterocycles. The molecule has 1 N–H and O–H groups in total. The third-order valence-electron chi connectivity index (χ3n) is 5.00. The zero-order chi connectivity index (χ0) is 20.8. The Bertz CT molecular complexity index is 969. The van der Waals surface area contributed by atoms with E-state index in [0.29, 0.717) is 32.8 Å². The van der Waals surface area contributed by atoms with Crippen LogP contribution in [0.3, 0.4) is 0 Å². The molecule has 0 atom stereocenters. The van der Waals surface area contributed by atoms with Gasteiger partial charge in [-0.2, -0.15) is 5.10 Å². The van der Waals surface area contributed by atoms with Crippen molar-refractivity contribution in [2.24, 2.45) is 0 Å². The summed E-state index contributed by atoms with van der Waals surface area (Å²) in [7, 11) is 0. The number of nitrogens with zero attached hydrogens (tertiary/aromatic N) is 4. The molecular weight excluding hydrogens is 385 g/mol. The first-order valence-electron chi connectivity index (χ1n) is 9.99. The van der Waals surface area contributed by atoms with Gasteiger partial charge in [0.1, 0.15) is 11.5 Å². The molecule has 7 nitrogen and oxygen atoms in total. The summed E-state index contributed by atoms with van der Waals surface area (Å²) < 4.78 is 20.5. The lowest BCUT2D eigenvalue weighted by Crippen LogP contribution is -2.43. The van der Waals surface area contributed by atoms with Gasteiger partial charge in [-0.25, -0.2) is 4.39 Å². The fraction of sp³-hybridized carbons (Fsp3) is 0.318. The van der Waals surface area contributed by atoms with Crippen LogP contribution in [0.5, 0.6) is 0 Å². The molecule has 4 rings (SSSR count). The topological polar surface area (TPSA) is 72.3 Å². The van der Waals surface area contributed by atoms with Crippen molar-refractivity contribution in [3.8, 4) is 22.4 Å². The number of morpholine rings is 1. The van der Waals surface area contributed by atoms with Crippen LogP contribution in [-0.4, -0.2) is 65.0 Å². The van der Waals surface area contributed by atoms with Gasteiger partial charge in [0.25, 0.3) is 0 Å². The second kappa shape index (κ2) is 9.60. The van der Waals surface area contributed by atoms with Crippen LogP contribution in [0.2, 0.25) is 0 Å². The zero-order valence-electron chi connectivity index (χ0n) is 16.6. The van der Waals surface area contributed by atoms with Gasteiger partial charge in [-0.1, -0.05) is 0 Å². The highest BCUT2D eigenvalue weighted by atomic mass is 19.1. The van der Waals surface area contributed by atoms with Crippen molar-refractivity contribution in [3.63, 3.8) is 0 Å². The highest BCUT2D eigenvalue weighted by Crippen LogP contribution is 2.30. The van der Waals surface area contributed by atoms with E-state index < -0.39 is 0 Å². The molecule has 156 valence electrons. The minimum absolute atomic E-state index is 0.00262. The quantitative estimate of drug-likeness (QED) is 0.648. The largest absolute Gasteiger partial charge is 0.379 e. The van der Waals surface area contributed by atoms with Crippen LogP contribution < -0.4 is 5.32 Å². The average molecular weight is 409 g/mol. The molecule has 3 aromatic rings. The first-order valence-corrected chi connectivity index (χ1v) is 9.99. The summed E-state index contributed by atoms with van der Waals surface area (Å²) in [5.74, 6) is -0.288. The molecule has 1 aliphatic rings. The van der Waals surface area contributed by atoms with Crippen molar-refractivity contribution in [1.82, 2.24) is 25.0 Å². The van der Waals surface area contributed by atoms with Crippen molar-refractivity contribution >= 4 is 5.91 Å². The fourth-order valence-electron chi connectivity index (χ4n) is 3.43. The maximum absolute atomic E-state index is 13.4. The predicted molar refractivity (Wildman–Crippen MR) is 111 cm³/mol. The Morgan fingerprint density at radius 1 is 1.07 bits per heavy atom. The van der Waals surface area contributed by atoms with Crippen LogP contribution in [0.25, 0.3) is 22.4 Å². The van der Waals surface area contributed by atoms with E-state index >= 15 is 0 Å². The molecule has 1 fully saturated rings. The van der Waals surface area contributed by atoms with Crippen LogP contribution in [0.15, 0.2) is 55.0 Å². The Balaban J connectivity index is 1.44. The number of hydrogen-bond donors (Lipinski definition) is 1. The van der Waals surface area contributed by atoms with Gasteiger partial charge in [-0.3, -0.25) is 19.4 Å². The number of benzene rings is 1. The molecule has 0 unspecified atom stereocenters. The van der Waals surface area contributed by atoms with Gasteiger partial charge in [0.05, 0.1) is 26.3 Å². The van der Waals surface area contributed by atoms with Crippen molar-refractivity contribution in [1.29, 1.82) is 0 Å². The fourth-order valence-corrected chi connectivity index (χ4v) is 3.43. The number of aromatic nitrogens is 3. The van der Waals surface area contributed by atoms with E-state index in [-0.39, 0.29) is 11.7 Å². The maximum Gasteiger partial charge on any atom is 0.234 e. The molecule has 8 heteroatoms. The van der Waals surface area contributed by atoms with Gasteiger partial charge < -0.3 is 10.1 Å². The maximum atomic E-state index is 13.4. The van der Waals surface area contributed by atoms with E-state index in [1.54, 1.807) is 24.5 Å². The number of amides is 1. The van der Waals surface area contributed by atoms with Crippen molar-refractivity contribution in [2.75, 3.05) is 39.4 Å². The smallest absolute Gasteiger partial charge is 0.234 e. The lowest BCUT2D eigenvalue weighted by molar-refractivity contribution is -0.123. The molecule has 0 radical (unpaired) electrons. The Morgan fingerprint density at radius 3 is 2.53 bits per heavy atom. The lowest BCUT2D eigenvalue weighted by atomic mass is 10.0. The summed E-state index contributed by atoms with van der Waals surface area (Å²) in [5.41, 5.74) is 3.51. The predicted octanol–water partition coefficient (Wildman–Crippen LogP) is 2.20. The Morgan fingerprint density at radius 2 is 1.80 bits per heavy atom. The summed E-state index contributed by atoms with van der Waals surface area (Å²) in [6.07, 6.45) is 5.40. The number of nitrogens with one attached hydrogen (secondary N) is 1. The van der Waals surface area contributed by atoms with E-state index in [4.69, 9.17) is 9.84 Å². The first kappa shape index (κ1) is 20.2. The number of hydrogen-bond acceptors (Lipinski definition) is 5. The Kier molecular flexibility index (Phi) is 6.46. The van der Waals surface area contributed by atoms with Crippen LogP contribution in [0.1, 0.15) is 0 Å². The van der Waals surface area contributed by atoms with Gasteiger partial charge >= 0.3 is 0 Å². The van der Waals surface area contributed by atoms with Gasteiger partial charge in [0.2, 0.25) is 5.91 Å². The van der Waals surface area contributed by atoms with E-state index in [1.165, 1.54) is 12.1 Å². The summed E-state index contributed by atoms with van der Waals surface area (Å²) in [6.45, 7) is 4.30. The third-order valence-corrected chi connectivity index (χ3v) is 5.00. The molecule has 0 aliphatic carbocycles. The van der Waals surface area contributed by atoms with Crippen LogP contribution in [0, 0.1) is 5.82 Å². The minimum atomic E-state index is -0.286. The molecule has 1 amide bonds. The molecular formula is C22H24FN5O2. The second-order valence-electron chi connectivity index (χ2n) is 7.14. The Hall–Kier alpha value is -3.10. The summed E-state index contributed by atoms with van der Waals surface area (Å²) in [5, 5.41) is 7.65. The molecule has 1 aliphatic heterocycles. The van der Waals surface area contributed by atoms with Crippen molar-refractivity contribution in [2.45, 2.75) is 6.54 Å². The number of rotatable bonds is 7. The SMILES string of the molecule is O=C(CN1CCOCC1)NCCn1cc(-c2ccncc2)c(-c2ccc(F)cc2)n1. The number of carbonyl (C=O) groups excluding carboxylic acids is 1. The monoisotopic (exact) mass is 409 g/mol. The van der Waals surface area contributed by atoms with E-state index in [0.717, 1.165) is 35.5 Å². The van der Waals surface area contributed by atoms with Crippen LogP contribution in [-0.2, 0) is 16.1 Å². The highest BCUT2D eigenvalue weighted by Gasteiger charge is 2.15. The van der Waals surface area contributed by atoms with E-state index in [1.807, 2.05) is 23.0 Å². The first-order chi connectivity index (χ1) is 14.7. The normalized spacial score (nSPS) is 14.6. The molecule has 0 bridgehead atoms. The summed E-state index contributed by atoms with van der Waals surface area (Å²) in [4.78, 5) is 18.3. The molecule has 0 saturated carbocycles. The summed E-state index contributed by atoms with van der Waals surface area (Å²) >= 11 is 0. The molecule has 0 spiro atoms. The molecule has 1 saturated heterocycles.